The monoisotopic (exact) mass is 406 g/mol. The molecule has 1 spiro atoms. The highest BCUT2D eigenvalue weighted by atomic mass is 19.2. The molecule has 2 saturated heterocycles. The van der Waals surface area contributed by atoms with Crippen LogP contribution < -0.4 is 0 Å². The highest BCUT2D eigenvalue weighted by molar-refractivity contribution is 5.94. The third-order valence-electron chi connectivity index (χ3n) is 6.06. The number of hydrogen-bond acceptors (Lipinski definition) is 2. The second kappa shape index (κ2) is 7.78. The van der Waals surface area contributed by atoms with Crippen LogP contribution in [-0.4, -0.2) is 41.9 Å². The van der Waals surface area contributed by atoms with Gasteiger partial charge in [0, 0.05) is 42.7 Å². The van der Waals surface area contributed by atoms with E-state index in [1.54, 1.807) is 11.0 Å². The van der Waals surface area contributed by atoms with Crippen molar-refractivity contribution in [1.29, 1.82) is 0 Å². The van der Waals surface area contributed by atoms with Gasteiger partial charge in [-0.3, -0.25) is 9.69 Å². The third-order valence-corrected chi connectivity index (χ3v) is 6.06. The fourth-order valence-corrected chi connectivity index (χ4v) is 4.61. The van der Waals surface area contributed by atoms with E-state index in [2.05, 4.69) is 4.90 Å². The minimum Gasteiger partial charge on any atom is -0.338 e. The van der Waals surface area contributed by atoms with Crippen molar-refractivity contribution in [2.24, 2.45) is 5.41 Å². The minimum absolute atomic E-state index is 0.115. The molecule has 2 fully saturated rings. The number of carbonyl (C=O) groups excluding carboxylic acids is 1. The van der Waals surface area contributed by atoms with Crippen LogP contribution in [0.2, 0.25) is 0 Å². The molecule has 29 heavy (non-hydrogen) atoms. The van der Waals surface area contributed by atoms with Crippen LogP contribution in [0.15, 0.2) is 36.4 Å². The van der Waals surface area contributed by atoms with Crippen LogP contribution in [0.25, 0.3) is 0 Å². The number of carbonyl (C=O) groups is 1. The van der Waals surface area contributed by atoms with Crippen molar-refractivity contribution >= 4 is 5.91 Å². The topological polar surface area (TPSA) is 23.6 Å². The van der Waals surface area contributed by atoms with E-state index in [0.29, 0.717) is 31.7 Å². The van der Waals surface area contributed by atoms with E-state index >= 15 is 0 Å². The van der Waals surface area contributed by atoms with Crippen LogP contribution in [-0.2, 0) is 6.54 Å². The first kappa shape index (κ1) is 19.9. The van der Waals surface area contributed by atoms with Gasteiger partial charge in [0.1, 0.15) is 0 Å². The van der Waals surface area contributed by atoms with E-state index in [9.17, 15) is 22.4 Å². The summed E-state index contributed by atoms with van der Waals surface area (Å²) < 4.78 is 54.2. The molecule has 0 aromatic heterocycles. The predicted octanol–water partition coefficient (Wildman–Crippen LogP) is 4.37. The molecule has 0 N–H and O–H groups in total. The van der Waals surface area contributed by atoms with Gasteiger partial charge in [-0.2, -0.15) is 0 Å². The Morgan fingerprint density at radius 2 is 1.76 bits per heavy atom. The van der Waals surface area contributed by atoms with Gasteiger partial charge in [-0.15, -0.1) is 0 Å². The van der Waals surface area contributed by atoms with E-state index in [-0.39, 0.29) is 16.9 Å². The second-order valence-corrected chi connectivity index (χ2v) is 8.13. The molecule has 2 aromatic carbocycles. The number of hydrogen-bond donors (Lipinski definition) is 0. The van der Waals surface area contributed by atoms with Crippen molar-refractivity contribution in [3.63, 3.8) is 0 Å². The van der Waals surface area contributed by atoms with Gasteiger partial charge in [0.25, 0.3) is 5.91 Å². The molecule has 4 rings (SSSR count). The van der Waals surface area contributed by atoms with Crippen LogP contribution in [0.4, 0.5) is 17.6 Å². The smallest absolute Gasteiger partial charge is 0.253 e. The van der Waals surface area contributed by atoms with Crippen molar-refractivity contribution in [3.8, 4) is 0 Å². The largest absolute Gasteiger partial charge is 0.338 e. The lowest BCUT2D eigenvalue weighted by atomic mass is 9.79. The van der Waals surface area contributed by atoms with Crippen LogP contribution in [0.3, 0.4) is 0 Å². The van der Waals surface area contributed by atoms with Crippen molar-refractivity contribution in [2.75, 3.05) is 26.2 Å². The summed E-state index contributed by atoms with van der Waals surface area (Å²) in [6.45, 7) is 2.86. The van der Waals surface area contributed by atoms with E-state index in [1.165, 1.54) is 12.1 Å². The van der Waals surface area contributed by atoms with E-state index in [1.807, 2.05) is 0 Å². The number of piperidine rings is 1. The molecule has 0 unspecified atom stereocenters. The number of nitrogens with zero attached hydrogens (tertiary/aromatic N) is 2. The Kier molecular flexibility index (Phi) is 5.34. The zero-order valence-corrected chi connectivity index (χ0v) is 15.9. The first-order valence-corrected chi connectivity index (χ1v) is 9.76. The average molecular weight is 406 g/mol. The standard InChI is InChI=1S/C22H22F4N2O/c23-17-6-5-15(11-19(17)25)21(29)28-10-8-22(14-28)7-2-9-27(13-22)12-16-3-1-4-18(24)20(16)26/h1,3-6,11H,2,7-10,12-14H2/t22-/m1/s1. The van der Waals surface area contributed by atoms with Crippen LogP contribution >= 0.6 is 0 Å². The molecule has 2 aromatic rings. The van der Waals surface area contributed by atoms with E-state index in [0.717, 1.165) is 44.0 Å². The van der Waals surface area contributed by atoms with Crippen molar-refractivity contribution in [2.45, 2.75) is 25.8 Å². The maximum absolute atomic E-state index is 14.0. The Bertz CT molecular complexity index is 935. The van der Waals surface area contributed by atoms with Gasteiger partial charge >= 0.3 is 0 Å². The third kappa shape index (κ3) is 4.01. The van der Waals surface area contributed by atoms with Gasteiger partial charge in [0.2, 0.25) is 0 Å². The average Bonchev–Trinajstić information content (AvgIpc) is 3.10. The Balaban J connectivity index is 1.44. The Labute approximate surface area is 166 Å². The Hall–Kier alpha value is -2.41. The molecule has 0 saturated carbocycles. The van der Waals surface area contributed by atoms with Gasteiger partial charge in [0.15, 0.2) is 23.3 Å². The minimum atomic E-state index is -1.04. The SMILES string of the molecule is O=C(c1ccc(F)c(F)c1)N1CC[C@@]2(CCCN(Cc3cccc(F)c3F)C2)C1. The van der Waals surface area contributed by atoms with Gasteiger partial charge in [-0.1, -0.05) is 12.1 Å². The molecule has 2 heterocycles. The highest BCUT2D eigenvalue weighted by Crippen LogP contribution is 2.40. The van der Waals surface area contributed by atoms with Gasteiger partial charge < -0.3 is 4.90 Å². The quantitative estimate of drug-likeness (QED) is 0.707. The Morgan fingerprint density at radius 1 is 0.931 bits per heavy atom. The summed E-state index contributed by atoms with van der Waals surface area (Å²) in [7, 11) is 0. The van der Waals surface area contributed by atoms with Crippen molar-refractivity contribution in [1.82, 2.24) is 9.80 Å². The van der Waals surface area contributed by atoms with Gasteiger partial charge in [-0.25, -0.2) is 17.6 Å². The summed E-state index contributed by atoms with van der Waals surface area (Å²) >= 11 is 0. The summed E-state index contributed by atoms with van der Waals surface area (Å²) in [5.41, 5.74) is 0.348. The zero-order chi connectivity index (χ0) is 20.6. The Morgan fingerprint density at radius 3 is 2.55 bits per heavy atom. The number of rotatable bonds is 3. The molecular weight excluding hydrogens is 384 g/mol. The molecule has 0 aliphatic carbocycles. The van der Waals surface area contributed by atoms with Gasteiger partial charge in [-0.05, 0) is 50.1 Å². The summed E-state index contributed by atoms with van der Waals surface area (Å²) in [5, 5.41) is 0. The number of amides is 1. The first-order chi connectivity index (χ1) is 13.9. The maximum atomic E-state index is 14.0. The summed E-state index contributed by atoms with van der Waals surface area (Å²) in [6.07, 6.45) is 2.64. The summed E-state index contributed by atoms with van der Waals surface area (Å²) in [5.74, 6) is -3.99. The van der Waals surface area contributed by atoms with E-state index < -0.39 is 23.3 Å². The molecule has 2 aliphatic heterocycles. The lowest BCUT2D eigenvalue weighted by molar-refractivity contribution is 0.0672. The van der Waals surface area contributed by atoms with Gasteiger partial charge in [0.05, 0.1) is 0 Å². The number of likely N-dealkylation sites (tertiary alicyclic amines) is 2. The fourth-order valence-electron chi connectivity index (χ4n) is 4.61. The predicted molar refractivity (Wildman–Crippen MR) is 100 cm³/mol. The lowest BCUT2D eigenvalue weighted by Crippen LogP contribution is -2.45. The molecular formula is C22H22F4N2O. The van der Waals surface area contributed by atoms with Crippen LogP contribution in [0.5, 0.6) is 0 Å². The van der Waals surface area contributed by atoms with Crippen molar-refractivity contribution < 1.29 is 22.4 Å². The molecule has 154 valence electrons. The number of halogens is 4. The normalized spacial score (nSPS) is 22.4. The number of benzene rings is 2. The molecule has 0 radical (unpaired) electrons. The van der Waals surface area contributed by atoms with Crippen LogP contribution in [0, 0.1) is 28.7 Å². The molecule has 1 amide bonds. The molecule has 3 nitrogen and oxygen atoms in total. The van der Waals surface area contributed by atoms with Crippen molar-refractivity contribution in [3.05, 3.63) is 70.8 Å². The molecule has 2 aliphatic rings. The summed E-state index contributed by atoms with van der Waals surface area (Å²) in [6, 6.07) is 7.40. The van der Waals surface area contributed by atoms with E-state index in [4.69, 9.17) is 0 Å². The highest BCUT2D eigenvalue weighted by Gasteiger charge is 2.43. The molecule has 1 atom stereocenters. The summed E-state index contributed by atoms with van der Waals surface area (Å²) in [4.78, 5) is 16.5. The first-order valence-electron chi connectivity index (χ1n) is 9.76. The second-order valence-electron chi connectivity index (χ2n) is 8.13. The molecule has 0 bridgehead atoms. The molecule has 7 heteroatoms. The van der Waals surface area contributed by atoms with Crippen LogP contribution in [0.1, 0.15) is 35.2 Å². The fraction of sp³-hybridized carbons (Fsp3) is 0.409. The lowest BCUT2D eigenvalue weighted by Gasteiger charge is -2.40. The maximum Gasteiger partial charge on any atom is 0.253 e. The zero-order valence-electron chi connectivity index (χ0n) is 15.9.